The van der Waals surface area contributed by atoms with Crippen LogP contribution in [0, 0.1) is 0 Å². The molecule has 0 spiro atoms. The molecule has 1 N–H and O–H groups in total. The molecular weight excluding hydrogens is 252 g/mol. The average molecular weight is 266 g/mol. The van der Waals surface area contributed by atoms with Crippen LogP contribution < -0.4 is 10.2 Å². The summed E-state index contributed by atoms with van der Waals surface area (Å²) in [5.74, 6) is -0.144. The van der Waals surface area contributed by atoms with Crippen molar-refractivity contribution in [2.24, 2.45) is 0 Å². The molecular formula is C16H14N2O2. The molecule has 20 heavy (non-hydrogen) atoms. The highest BCUT2D eigenvalue weighted by atomic mass is 16.2. The van der Waals surface area contributed by atoms with Gasteiger partial charge in [-0.2, -0.15) is 0 Å². The Balaban J connectivity index is 2.30. The Morgan fingerprint density at radius 1 is 1.05 bits per heavy atom. The summed E-state index contributed by atoms with van der Waals surface area (Å²) >= 11 is 0. The Morgan fingerprint density at radius 2 is 1.70 bits per heavy atom. The number of amides is 2. The normalized spacial score (nSPS) is 16.9. The molecule has 0 bridgehead atoms. The molecule has 0 radical (unpaired) electrons. The highest BCUT2D eigenvalue weighted by Gasteiger charge is 2.31. The van der Waals surface area contributed by atoms with Crippen LogP contribution in [0.2, 0.25) is 0 Å². The quantitative estimate of drug-likeness (QED) is 0.846. The zero-order valence-corrected chi connectivity index (χ0v) is 11.0. The van der Waals surface area contributed by atoms with Gasteiger partial charge in [0.2, 0.25) is 6.41 Å². The number of likely N-dealkylation sites (N-methyl/N-ethyl adjacent to an activating group) is 1. The third-order valence-corrected chi connectivity index (χ3v) is 3.64. The van der Waals surface area contributed by atoms with Gasteiger partial charge in [0.15, 0.2) is 0 Å². The number of para-hydroxylation sites is 1. The highest BCUT2D eigenvalue weighted by molar-refractivity contribution is 6.05. The number of nitrogens with one attached hydrogen (secondary N) is 1. The number of anilines is 1. The van der Waals surface area contributed by atoms with Crippen LogP contribution in [-0.2, 0) is 9.59 Å². The fourth-order valence-corrected chi connectivity index (χ4v) is 2.66. The van der Waals surface area contributed by atoms with Crippen LogP contribution in [-0.4, -0.2) is 19.4 Å². The summed E-state index contributed by atoms with van der Waals surface area (Å²) in [5, 5.41) is 2.62. The number of fused-ring (bicyclic) bond motifs is 3. The van der Waals surface area contributed by atoms with Gasteiger partial charge in [0.05, 0.1) is 5.69 Å². The molecule has 1 aliphatic heterocycles. The minimum atomic E-state index is -0.652. The number of carbonyl (C=O) groups excluding carboxylic acids is 2. The molecule has 1 aliphatic rings. The maximum absolute atomic E-state index is 12.6. The molecule has 100 valence electrons. The summed E-state index contributed by atoms with van der Waals surface area (Å²) in [7, 11) is 1.73. The first-order valence-electron chi connectivity index (χ1n) is 6.39. The van der Waals surface area contributed by atoms with Gasteiger partial charge in [0, 0.05) is 12.6 Å². The molecule has 2 aromatic rings. The van der Waals surface area contributed by atoms with Gasteiger partial charge < -0.3 is 10.2 Å². The van der Waals surface area contributed by atoms with E-state index in [1.165, 1.54) is 0 Å². The fraction of sp³-hybridized carbons (Fsp3) is 0.125. The zero-order valence-electron chi connectivity index (χ0n) is 11.0. The number of hydrogen-bond donors (Lipinski definition) is 1. The lowest BCUT2D eigenvalue weighted by atomic mass is 9.95. The third kappa shape index (κ3) is 1.77. The van der Waals surface area contributed by atoms with Gasteiger partial charge in [-0.25, -0.2) is 0 Å². The van der Waals surface area contributed by atoms with Crippen molar-refractivity contribution >= 4 is 18.0 Å². The zero-order chi connectivity index (χ0) is 14.1. The van der Waals surface area contributed by atoms with Crippen LogP contribution in [0.3, 0.4) is 0 Å². The average Bonchev–Trinajstić information content (AvgIpc) is 2.58. The molecule has 0 aromatic heterocycles. The molecule has 4 nitrogen and oxygen atoms in total. The van der Waals surface area contributed by atoms with Crippen molar-refractivity contribution in [1.82, 2.24) is 5.32 Å². The Kier molecular flexibility index (Phi) is 2.99. The Bertz CT molecular complexity index is 682. The van der Waals surface area contributed by atoms with E-state index in [1.54, 1.807) is 11.9 Å². The van der Waals surface area contributed by atoms with Gasteiger partial charge in [0.1, 0.15) is 6.04 Å². The van der Waals surface area contributed by atoms with Crippen LogP contribution in [0.1, 0.15) is 11.6 Å². The molecule has 1 heterocycles. The van der Waals surface area contributed by atoms with Crippen molar-refractivity contribution in [3.8, 4) is 11.1 Å². The number of rotatable bonds is 2. The number of carbonyl (C=O) groups is 2. The molecule has 1 atom stereocenters. The second-order valence-electron chi connectivity index (χ2n) is 4.72. The minimum Gasteiger partial charge on any atom is -0.343 e. The molecule has 4 heteroatoms. The fourth-order valence-electron chi connectivity index (χ4n) is 2.66. The van der Waals surface area contributed by atoms with E-state index >= 15 is 0 Å². The van der Waals surface area contributed by atoms with Gasteiger partial charge in [-0.3, -0.25) is 9.59 Å². The molecule has 2 amide bonds. The maximum Gasteiger partial charge on any atom is 0.253 e. The van der Waals surface area contributed by atoms with Crippen molar-refractivity contribution < 1.29 is 9.59 Å². The first-order chi connectivity index (χ1) is 9.74. The smallest absolute Gasteiger partial charge is 0.253 e. The van der Waals surface area contributed by atoms with Crippen LogP contribution in [0.15, 0.2) is 48.5 Å². The topological polar surface area (TPSA) is 49.4 Å². The van der Waals surface area contributed by atoms with Crippen LogP contribution >= 0.6 is 0 Å². The van der Waals surface area contributed by atoms with Gasteiger partial charge >= 0.3 is 0 Å². The van der Waals surface area contributed by atoms with Gasteiger partial charge in [-0.1, -0.05) is 42.5 Å². The molecule has 1 unspecified atom stereocenters. The summed E-state index contributed by atoms with van der Waals surface area (Å²) in [6.45, 7) is 0. The van der Waals surface area contributed by atoms with E-state index in [0.717, 1.165) is 22.4 Å². The van der Waals surface area contributed by atoms with Gasteiger partial charge in [-0.05, 0) is 17.2 Å². The summed E-state index contributed by atoms with van der Waals surface area (Å²) in [6, 6.07) is 14.8. The predicted octanol–water partition coefficient (Wildman–Crippen LogP) is 2.12. The summed E-state index contributed by atoms with van der Waals surface area (Å²) in [6.07, 6.45) is 0.573. The summed E-state index contributed by atoms with van der Waals surface area (Å²) < 4.78 is 0. The highest BCUT2D eigenvalue weighted by Crippen LogP contribution is 2.39. The van der Waals surface area contributed by atoms with E-state index in [-0.39, 0.29) is 5.91 Å². The largest absolute Gasteiger partial charge is 0.343 e. The lowest BCUT2D eigenvalue weighted by molar-refractivity contribution is -0.123. The minimum absolute atomic E-state index is 0.144. The van der Waals surface area contributed by atoms with E-state index in [0.29, 0.717) is 6.41 Å². The van der Waals surface area contributed by atoms with Crippen LogP contribution in [0.25, 0.3) is 11.1 Å². The van der Waals surface area contributed by atoms with Gasteiger partial charge in [-0.15, -0.1) is 0 Å². The number of nitrogens with zero attached hydrogens (tertiary/aromatic N) is 1. The van der Waals surface area contributed by atoms with Crippen molar-refractivity contribution in [3.05, 3.63) is 54.1 Å². The summed E-state index contributed by atoms with van der Waals surface area (Å²) in [4.78, 5) is 25.0. The third-order valence-electron chi connectivity index (χ3n) is 3.64. The van der Waals surface area contributed by atoms with Crippen LogP contribution in [0.5, 0.6) is 0 Å². The second-order valence-corrected chi connectivity index (χ2v) is 4.72. The summed E-state index contributed by atoms with van der Waals surface area (Å²) in [5.41, 5.74) is 3.64. The van der Waals surface area contributed by atoms with Gasteiger partial charge in [0.25, 0.3) is 5.91 Å². The molecule has 0 aliphatic carbocycles. The van der Waals surface area contributed by atoms with Crippen LogP contribution in [0.4, 0.5) is 5.69 Å². The monoisotopic (exact) mass is 266 g/mol. The van der Waals surface area contributed by atoms with Crippen molar-refractivity contribution in [2.75, 3.05) is 11.9 Å². The van der Waals surface area contributed by atoms with E-state index < -0.39 is 6.04 Å². The molecule has 3 rings (SSSR count). The number of hydrogen-bond acceptors (Lipinski definition) is 2. The Morgan fingerprint density at radius 3 is 2.45 bits per heavy atom. The Labute approximate surface area is 117 Å². The first-order valence-corrected chi connectivity index (χ1v) is 6.39. The van der Waals surface area contributed by atoms with E-state index in [1.807, 2.05) is 48.5 Å². The second kappa shape index (κ2) is 4.81. The number of benzene rings is 2. The molecule has 0 saturated heterocycles. The first kappa shape index (κ1) is 12.4. The SMILES string of the molecule is CN1C(=O)C(NC=O)c2ccccc2-c2ccccc21. The van der Waals surface area contributed by atoms with E-state index in [9.17, 15) is 9.59 Å². The van der Waals surface area contributed by atoms with E-state index in [2.05, 4.69) is 5.32 Å². The van der Waals surface area contributed by atoms with Crippen molar-refractivity contribution in [3.63, 3.8) is 0 Å². The standard InChI is InChI=1S/C16H14N2O2/c1-18-14-9-5-4-7-12(14)11-6-2-3-8-13(11)15(16(18)20)17-10-19/h2-10,15H,1H3,(H,17,19). The predicted molar refractivity (Wildman–Crippen MR) is 77.2 cm³/mol. The van der Waals surface area contributed by atoms with Crippen molar-refractivity contribution in [2.45, 2.75) is 6.04 Å². The lowest BCUT2D eigenvalue weighted by Gasteiger charge is -2.21. The molecule has 0 saturated carbocycles. The maximum atomic E-state index is 12.6. The molecule has 2 aromatic carbocycles. The Hall–Kier alpha value is -2.62. The van der Waals surface area contributed by atoms with E-state index in [4.69, 9.17) is 0 Å². The lowest BCUT2D eigenvalue weighted by Crippen LogP contribution is -2.37. The molecule has 0 fully saturated rings. The van der Waals surface area contributed by atoms with Crippen molar-refractivity contribution in [1.29, 1.82) is 0 Å².